The van der Waals surface area contributed by atoms with Crippen LogP contribution in [0.2, 0.25) is 0 Å². The third-order valence-electron chi connectivity index (χ3n) is 6.71. The molecular weight excluding hydrogens is 459 g/mol. The van der Waals surface area contributed by atoms with Crippen LogP contribution in [0.1, 0.15) is 54.7 Å². The number of aromatic nitrogens is 3. The lowest BCUT2D eigenvalue weighted by Gasteiger charge is -2.39. The number of hydrogen-bond donors (Lipinski definition) is 1. The highest BCUT2D eigenvalue weighted by Gasteiger charge is 2.56. The van der Waals surface area contributed by atoms with Crippen molar-refractivity contribution in [2.24, 2.45) is 0 Å². The molecule has 0 aliphatic heterocycles. The van der Waals surface area contributed by atoms with E-state index in [1.807, 2.05) is 0 Å². The zero-order valence-corrected chi connectivity index (χ0v) is 19.9. The maximum absolute atomic E-state index is 14.4. The average Bonchev–Trinajstić information content (AvgIpc) is 3.22. The molecule has 1 aliphatic carbocycles. The van der Waals surface area contributed by atoms with Gasteiger partial charge in [-0.1, -0.05) is 19.9 Å². The summed E-state index contributed by atoms with van der Waals surface area (Å²) < 4.78 is 50.1. The summed E-state index contributed by atoms with van der Waals surface area (Å²) in [5.41, 5.74) is -1.23. The van der Waals surface area contributed by atoms with Crippen LogP contribution in [-0.2, 0) is 18.4 Å². The molecule has 1 aliphatic rings. The van der Waals surface area contributed by atoms with Crippen LogP contribution in [0.3, 0.4) is 0 Å². The second-order valence-electron chi connectivity index (χ2n) is 9.71. The quantitative estimate of drug-likeness (QED) is 0.500. The Morgan fingerprint density at radius 2 is 1.80 bits per heavy atom. The zero-order valence-electron chi connectivity index (χ0n) is 19.9. The van der Waals surface area contributed by atoms with Gasteiger partial charge in [0, 0.05) is 47.4 Å². The first kappa shape index (κ1) is 24.9. The molecule has 1 unspecified atom stereocenters. The van der Waals surface area contributed by atoms with Crippen LogP contribution in [0, 0.1) is 0 Å². The van der Waals surface area contributed by atoms with Crippen LogP contribution in [0.4, 0.5) is 13.2 Å². The van der Waals surface area contributed by atoms with Gasteiger partial charge in [-0.05, 0) is 48.4 Å². The summed E-state index contributed by atoms with van der Waals surface area (Å²) in [4.78, 5) is 20.2. The maximum Gasteiger partial charge on any atom is 0.418 e. The van der Waals surface area contributed by atoms with Gasteiger partial charge in [-0.15, -0.1) is 0 Å². The fourth-order valence-electron chi connectivity index (χ4n) is 4.96. The van der Waals surface area contributed by atoms with Crippen LogP contribution in [0.25, 0.3) is 11.1 Å². The van der Waals surface area contributed by atoms with Crippen LogP contribution in [-0.4, -0.2) is 44.3 Å². The van der Waals surface area contributed by atoms with E-state index in [4.69, 9.17) is 4.74 Å². The summed E-state index contributed by atoms with van der Waals surface area (Å²) >= 11 is 0. The molecule has 0 saturated heterocycles. The van der Waals surface area contributed by atoms with Crippen molar-refractivity contribution in [1.29, 1.82) is 0 Å². The molecule has 1 atom stereocenters. The van der Waals surface area contributed by atoms with Crippen LogP contribution in [0.15, 0.2) is 49.2 Å². The van der Waals surface area contributed by atoms with E-state index in [1.54, 1.807) is 50.5 Å². The standard InChI is InChI=1S/C26H28F3N3O3/c1-24(2,20-11-17(7-8-23(20)35-3)18-12-30-16-31-13-18)14-25(34,26(27,28)29)15-32-10-9-19-21(32)5-4-6-22(19)33/h7-13,16,34H,4-6,14-15H2,1-3H3. The van der Waals surface area contributed by atoms with Crippen molar-refractivity contribution in [3.05, 3.63) is 66.0 Å². The second kappa shape index (κ2) is 9.11. The van der Waals surface area contributed by atoms with E-state index in [2.05, 4.69) is 9.97 Å². The van der Waals surface area contributed by atoms with Gasteiger partial charge in [0.25, 0.3) is 0 Å². The molecule has 35 heavy (non-hydrogen) atoms. The van der Waals surface area contributed by atoms with E-state index < -0.39 is 30.2 Å². The Hall–Kier alpha value is -3.20. The molecule has 3 aromatic rings. The van der Waals surface area contributed by atoms with Gasteiger partial charge in [-0.25, -0.2) is 9.97 Å². The minimum absolute atomic E-state index is 0.0766. The first-order valence-electron chi connectivity index (χ1n) is 11.4. The fourth-order valence-corrected chi connectivity index (χ4v) is 4.96. The maximum atomic E-state index is 14.4. The van der Waals surface area contributed by atoms with Gasteiger partial charge in [0.1, 0.15) is 12.1 Å². The number of carbonyl (C=O) groups is 1. The van der Waals surface area contributed by atoms with Gasteiger partial charge < -0.3 is 14.4 Å². The minimum Gasteiger partial charge on any atom is -0.496 e. The third-order valence-corrected chi connectivity index (χ3v) is 6.71. The number of ether oxygens (including phenoxy) is 1. The molecule has 1 aromatic carbocycles. The lowest BCUT2D eigenvalue weighted by Crippen LogP contribution is -2.52. The van der Waals surface area contributed by atoms with Crippen molar-refractivity contribution in [2.45, 2.75) is 63.3 Å². The minimum atomic E-state index is -4.90. The molecule has 0 radical (unpaired) electrons. The van der Waals surface area contributed by atoms with Gasteiger partial charge in [-0.3, -0.25) is 4.79 Å². The summed E-state index contributed by atoms with van der Waals surface area (Å²) in [6.07, 6.45) is 2.05. The highest BCUT2D eigenvalue weighted by Crippen LogP contribution is 2.45. The number of fused-ring (bicyclic) bond motifs is 1. The van der Waals surface area contributed by atoms with E-state index in [1.165, 1.54) is 24.2 Å². The van der Waals surface area contributed by atoms with Crippen molar-refractivity contribution >= 4 is 5.78 Å². The fraction of sp³-hybridized carbons (Fsp3) is 0.423. The first-order valence-corrected chi connectivity index (χ1v) is 11.4. The number of aliphatic hydroxyl groups is 1. The topological polar surface area (TPSA) is 77.2 Å². The normalized spacial score (nSPS) is 16.0. The lowest BCUT2D eigenvalue weighted by molar-refractivity contribution is -0.271. The van der Waals surface area contributed by atoms with Crippen molar-refractivity contribution in [1.82, 2.24) is 14.5 Å². The number of nitrogens with zero attached hydrogens (tertiary/aromatic N) is 3. The summed E-state index contributed by atoms with van der Waals surface area (Å²) in [6.45, 7) is 2.61. The average molecular weight is 488 g/mol. The van der Waals surface area contributed by atoms with Crippen molar-refractivity contribution in [2.75, 3.05) is 7.11 Å². The monoisotopic (exact) mass is 487 g/mol. The number of Topliss-reactive ketones (excluding diaryl/α,β-unsaturated/α-hetero) is 1. The third kappa shape index (κ3) is 4.82. The van der Waals surface area contributed by atoms with Crippen molar-refractivity contribution in [3.8, 4) is 16.9 Å². The molecular formula is C26H28F3N3O3. The van der Waals surface area contributed by atoms with Gasteiger partial charge in [0.2, 0.25) is 0 Å². The molecule has 6 nitrogen and oxygen atoms in total. The molecule has 4 rings (SSSR count). The van der Waals surface area contributed by atoms with Crippen molar-refractivity contribution < 1.29 is 27.8 Å². The van der Waals surface area contributed by atoms with Crippen LogP contribution in [0.5, 0.6) is 5.75 Å². The number of halogens is 3. The van der Waals surface area contributed by atoms with Crippen LogP contribution < -0.4 is 4.74 Å². The summed E-state index contributed by atoms with van der Waals surface area (Å²) in [5, 5.41) is 11.1. The Bertz CT molecular complexity index is 1220. The molecule has 186 valence electrons. The first-order chi connectivity index (χ1) is 16.4. The molecule has 1 N–H and O–H groups in total. The lowest BCUT2D eigenvalue weighted by atomic mass is 9.73. The molecule has 2 aromatic heterocycles. The summed E-state index contributed by atoms with van der Waals surface area (Å²) in [7, 11) is 1.46. The predicted molar refractivity (Wildman–Crippen MR) is 124 cm³/mol. The van der Waals surface area contributed by atoms with Gasteiger partial charge in [0.15, 0.2) is 11.4 Å². The van der Waals surface area contributed by atoms with Gasteiger partial charge in [0.05, 0.1) is 13.7 Å². The second-order valence-corrected chi connectivity index (χ2v) is 9.71. The smallest absolute Gasteiger partial charge is 0.418 e. The van der Waals surface area contributed by atoms with E-state index in [-0.39, 0.29) is 5.78 Å². The Morgan fingerprint density at radius 1 is 1.09 bits per heavy atom. The summed E-state index contributed by atoms with van der Waals surface area (Å²) in [5.74, 6) is 0.344. The van der Waals surface area contributed by atoms with E-state index in [0.29, 0.717) is 47.4 Å². The highest BCUT2D eigenvalue weighted by molar-refractivity contribution is 5.98. The number of alkyl halides is 3. The molecule has 0 fully saturated rings. The number of hydrogen-bond acceptors (Lipinski definition) is 5. The molecule has 2 heterocycles. The Kier molecular flexibility index (Phi) is 6.48. The largest absolute Gasteiger partial charge is 0.496 e. The van der Waals surface area contributed by atoms with E-state index in [9.17, 15) is 23.1 Å². The Balaban J connectivity index is 1.72. The Morgan fingerprint density at radius 3 is 2.46 bits per heavy atom. The van der Waals surface area contributed by atoms with Crippen LogP contribution >= 0.6 is 0 Å². The molecule has 0 spiro atoms. The number of methoxy groups -OCH3 is 1. The predicted octanol–water partition coefficient (Wildman–Crippen LogP) is 5.13. The molecule has 0 bridgehead atoms. The molecule has 9 heteroatoms. The van der Waals surface area contributed by atoms with Gasteiger partial charge >= 0.3 is 6.18 Å². The SMILES string of the molecule is COc1ccc(-c2cncnc2)cc1C(C)(C)CC(O)(Cn1ccc2c1CCCC2=O)C(F)(F)F. The molecule has 0 amide bonds. The highest BCUT2D eigenvalue weighted by atomic mass is 19.4. The van der Waals surface area contributed by atoms with Gasteiger partial charge in [-0.2, -0.15) is 13.2 Å². The number of benzene rings is 1. The zero-order chi connectivity index (χ0) is 25.4. The Labute approximate surface area is 201 Å². The number of ketones is 1. The van der Waals surface area contributed by atoms with E-state index >= 15 is 0 Å². The van der Waals surface area contributed by atoms with E-state index in [0.717, 1.165) is 5.56 Å². The summed E-state index contributed by atoms with van der Waals surface area (Å²) in [6, 6.07) is 6.79. The van der Waals surface area contributed by atoms with Crippen molar-refractivity contribution in [3.63, 3.8) is 0 Å². The molecule has 0 saturated carbocycles. The number of carbonyl (C=O) groups excluding carboxylic acids is 1. The number of rotatable bonds is 7.